The Morgan fingerprint density at radius 3 is 2.72 bits per heavy atom. The van der Waals surface area contributed by atoms with Crippen molar-refractivity contribution in [2.75, 3.05) is 49.2 Å². The molecule has 2 fully saturated rings. The summed E-state index contributed by atoms with van der Waals surface area (Å²) < 4.78 is 24.7. The zero-order valence-electron chi connectivity index (χ0n) is 13.4. The number of rotatable bonds is 5. The van der Waals surface area contributed by atoms with E-state index in [1.807, 2.05) is 4.90 Å². The maximum atomic E-state index is 14.3. The van der Waals surface area contributed by atoms with Gasteiger partial charge in [-0.3, -0.25) is 4.90 Å². The second-order valence-corrected chi connectivity index (χ2v) is 5.24. The van der Waals surface area contributed by atoms with Crippen LogP contribution in [-0.2, 0) is 68.0 Å². The van der Waals surface area contributed by atoms with Crippen LogP contribution in [0.25, 0.3) is 0 Å². The number of amides is 2. The Bertz CT molecular complexity index is 604. The average molecular weight is 594 g/mol. The minimum absolute atomic E-state index is 0. The number of hydrogen-bond donors (Lipinski definition) is 1. The van der Waals surface area contributed by atoms with Crippen molar-refractivity contribution < 1.29 is 77.2 Å². The van der Waals surface area contributed by atoms with Crippen molar-refractivity contribution in [2.24, 2.45) is 0 Å². The molecule has 1 N–H and O–H groups in total. The minimum Gasteiger partial charge on any atom is -0.527 e. The monoisotopic (exact) mass is 594 g/mol. The second kappa shape index (κ2) is 10.6. The van der Waals surface area contributed by atoms with Crippen LogP contribution in [-0.4, -0.2) is 58.0 Å². The van der Waals surface area contributed by atoms with Gasteiger partial charge in [0, 0.05) is 79.2 Å². The van der Waals surface area contributed by atoms with Gasteiger partial charge in [-0.1, -0.05) is 5.69 Å². The number of anilines is 2. The zero-order chi connectivity index (χ0) is 16.2. The van der Waals surface area contributed by atoms with E-state index in [4.69, 9.17) is 9.47 Å². The molecule has 10 heteroatoms. The van der Waals surface area contributed by atoms with Gasteiger partial charge in [-0.15, -0.1) is 18.2 Å². The smallest absolute Gasteiger partial charge is 0.412 e. The summed E-state index contributed by atoms with van der Waals surface area (Å²) in [6.45, 7) is 2.74. The molecule has 2 aliphatic rings. The molecule has 2 heterocycles. The fraction of sp³-hybridized carbons (Fsp3) is 0.467. The predicted molar refractivity (Wildman–Crippen MR) is 79.6 cm³/mol. The normalized spacial score (nSPS) is 19.6. The summed E-state index contributed by atoms with van der Waals surface area (Å²) in [6, 6.07) is 5.87. The number of morpholine rings is 1. The Labute approximate surface area is 184 Å². The third-order valence-corrected chi connectivity index (χ3v) is 3.78. The van der Waals surface area contributed by atoms with Crippen molar-refractivity contribution in [2.45, 2.75) is 6.10 Å². The van der Waals surface area contributed by atoms with E-state index < -0.39 is 18.0 Å². The summed E-state index contributed by atoms with van der Waals surface area (Å²) in [4.78, 5) is 25.2. The molecule has 0 saturated carbocycles. The van der Waals surface area contributed by atoms with E-state index in [-0.39, 0.29) is 66.9 Å². The topological polar surface area (TPSA) is 71.1 Å². The molecule has 0 bridgehead atoms. The van der Waals surface area contributed by atoms with Crippen LogP contribution in [0.4, 0.5) is 20.6 Å². The third kappa shape index (κ3) is 5.46. The fourth-order valence-electron chi connectivity index (χ4n) is 2.64. The molecule has 1 aromatic carbocycles. The first-order valence-electron chi connectivity index (χ1n) is 7.31. The molecule has 2 aliphatic heterocycles. The Morgan fingerprint density at radius 1 is 1.36 bits per heavy atom. The SMILES string of the molecule is O=[C-]NC[C@H]1CN(c2[c-]c(F)c(N3CCOCC3)cc2)C(=O)O1.[W].[Y]. The van der Waals surface area contributed by atoms with Crippen LogP contribution < -0.4 is 15.1 Å². The van der Waals surface area contributed by atoms with Gasteiger partial charge in [-0.2, -0.15) is 6.41 Å². The Hall–Kier alpha value is -0.558. The van der Waals surface area contributed by atoms with Crippen LogP contribution in [0.2, 0.25) is 0 Å². The van der Waals surface area contributed by atoms with Gasteiger partial charge in [0.1, 0.15) is 6.10 Å². The van der Waals surface area contributed by atoms with E-state index in [2.05, 4.69) is 11.4 Å². The predicted octanol–water partition coefficient (Wildman–Crippen LogP) is 0.439. The van der Waals surface area contributed by atoms with Crippen molar-refractivity contribution in [1.82, 2.24) is 5.32 Å². The Kier molecular flexibility index (Phi) is 9.49. The van der Waals surface area contributed by atoms with E-state index in [1.165, 1.54) is 11.3 Å². The number of cyclic esters (lactones) is 1. The van der Waals surface area contributed by atoms with Gasteiger partial charge in [-0.25, -0.2) is 9.18 Å². The fourth-order valence-corrected chi connectivity index (χ4v) is 2.64. The molecule has 2 saturated heterocycles. The minimum atomic E-state index is -0.586. The molecular formula is C15H16FN3O4WY-2. The summed E-state index contributed by atoms with van der Waals surface area (Å²) in [6.07, 6.45) is 0.451. The van der Waals surface area contributed by atoms with Crippen LogP contribution in [0, 0.1) is 11.9 Å². The van der Waals surface area contributed by atoms with E-state index in [1.54, 1.807) is 12.1 Å². The van der Waals surface area contributed by atoms with E-state index in [9.17, 15) is 14.0 Å². The first-order chi connectivity index (χ1) is 11.2. The van der Waals surface area contributed by atoms with Gasteiger partial charge in [-0.05, 0) is 5.69 Å². The number of nitrogens with zero attached hydrogens (tertiary/aromatic N) is 2. The van der Waals surface area contributed by atoms with E-state index in [0.717, 1.165) is 0 Å². The van der Waals surface area contributed by atoms with Crippen molar-refractivity contribution in [1.29, 1.82) is 0 Å². The van der Waals surface area contributed by atoms with E-state index in [0.29, 0.717) is 37.7 Å². The number of carbonyl (C=O) groups excluding carboxylic acids is 2. The quantitative estimate of drug-likeness (QED) is 0.397. The van der Waals surface area contributed by atoms with Gasteiger partial charge in [0.05, 0.1) is 19.8 Å². The molecule has 1 atom stereocenters. The third-order valence-electron chi connectivity index (χ3n) is 3.78. The second-order valence-electron chi connectivity index (χ2n) is 5.24. The van der Waals surface area contributed by atoms with Crippen LogP contribution in [0.15, 0.2) is 12.1 Å². The van der Waals surface area contributed by atoms with Crippen LogP contribution in [0.3, 0.4) is 0 Å². The summed E-state index contributed by atoms with van der Waals surface area (Å²) in [5, 5.41) is 2.33. The molecule has 25 heavy (non-hydrogen) atoms. The summed E-state index contributed by atoms with van der Waals surface area (Å²) >= 11 is 0. The number of benzene rings is 1. The van der Waals surface area contributed by atoms with Crippen molar-refractivity contribution >= 4 is 23.9 Å². The molecule has 133 valence electrons. The van der Waals surface area contributed by atoms with Crippen molar-refractivity contribution in [3.63, 3.8) is 0 Å². The maximum absolute atomic E-state index is 14.3. The number of nitrogens with one attached hydrogen (secondary N) is 1. The molecule has 7 nitrogen and oxygen atoms in total. The molecule has 1 aromatic rings. The average Bonchev–Trinajstić information content (AvgIpc) is 2.94. The number of halogens is 1. The molecule has 0 unspecified atom stereocenters. The molecule has 0 spiro atoms. The summed E-state index contributed by atoms with van der Waals surface area (Å²) in [7, 11) is 0. The van der Waals surface area contributed by atoms with Gasteiger partial charge in [0.15, 0.2) is 0 Å². The molecular weight excluding hydrogens is 578 g/mol. The van der Waals surface area contributed by atoms with Crippen molar-refractivity contribution in [3.05, 3.63) is 24.0 Å². The molecule has 2 amide bonds. The summed E-state index contributed by atoms with van der Waals surface area (Å²) in [5.74, 6) is -0.514. The van der Waals surface area contributed by atoms with Crippen LogP contribution >= 0.6 is 0 Å². The Morgan fingerprint density at radius 2 is 2.08 bits per heavy atom. The molecule has 3 rings (SSSR count). The first kappa shape index (κ1) is 22.5. The van der Waals surface area contributed by atoms with Crippen molar-refractivity contribution in [3.8, 4) is 0 Å². The molecule has 1 radical (unpaired) electrons. The van der Waals surface area contributed by atoms with Crippen LogP contribution in [0.5, 0.6) is 0 Å². The van der Waals surface area contributed by atoms with Gasteiger partial charge in [0.2, 0.25) is 0 Å². The van der Waals surface area contributed by atoms with Gasteiger partial charge >= 0.3 is 6.09 Å². The Balaban J connectivity index is 0.00000156. The molecule has 0 aliphatic carbocycles. The standard InChI is InChI=1S/C15H16FN3O4.W.Y/c16-13-7-11(1-2-14(13)18-3-5-22-6-4-18)19-9-12(8-17-10-20)23-15(19)21;;/h1-2,12H,3-6,8-9H2,(H,17,20);;/q-2;;/t12-;;/m0../s1. The summed E-state index contributed by atoms with van der Waals surface area (Å²) in [5.41, 5.74) is 0.750. The number of ether oxygens (including phenoxy) is 2. The van der Waals surface area contributed by atoms with Gasteiger partial charge in [0.25, 0.3) is 0 Å². The zero-order valence-corrected chi connectivity index (χ0v) is 19.1. The number of carbonyl (C=O) groups is 1. The van der Waals surface area contributed by atoms with Crippen LogP contribution in [0.1, 0.15) is 0 Å². The first-order valence-corrected chi connectivity index (χ1v) is 7.31. The van der Waals surface area contributed by atoms with E-state index >= 15 is 0 Å². The largest absolute Gasteiger partial charge is 0.527 e. The maximum Gasteiger partial charge on any atom is 0.412 e. The van der Waals surface area contributed by atoms with Gasteiger partial charge < -0.3 is 24.5 Å². The molecule has 0 aromatic heterocycles. The number of hydrogen-bond acceptors (Lipinski definition) is 5.